The molecule has 4 bridgehead atoms. The highest BCUT2D eigenvalue weighted by atomic mass is 16.5. The SMILES string of the molecule is CC(=O)CC(C)COC(=O)C1CC2CC1C1C3C=CC(C3)C21. The lowest BCUT2D eigenvalue weighted by molar-refractivity contribution is -0.153. The van der Waals surface area contributed by atoms with Crippen LogP contribution in [0.5, 0.6) is 0 Å². The van der Waals surface area contributed by atoms with Crippen LogP contribution in [0, 0.1) is 47.3 Å². The van der Waals surface area contributed by atoms with Crippen molar-refractivity contribution in [1.82, 2.24) is 0 Å². The van der Waals surface area contributed by atoms with Gasteiger partial charge in [0.05, 0.1) is 12.5 Å². The number of rotatable bonds is 5. The van der Waals surface area contributed by atoms with Gasteiger partial charge in [-0.1, -0.05) is 19.1 Å². The van der Waals surface area contributed by atoms with Crippen LogP contribution in [0.4, 0.5) is 0 Å². The summed E-state index contributed by atoms with van der Waals surface area (Å²) >= 11 is 0. The number of carbonyl (C=O) groups excluding carboxylic acids is 2. The van der Waals surface area contributed by atoms with Crippen LogP contribution in [-0.2, 0) is 14.3 Å². The molecule has 0 radical (unpaired) electrons. The molecule has 0 aromatic rings. The van der Waals surface area contributed by atoms with E-state index >= 15 is 0 Å². The fourth-order valence-corrected chi connectivity index (χ4v) is 6.17. The van der Waals surface area contributed by atoms with Crippen molar-refractivity contribution >= 4 is 11.8 Å². The summed E-state index contributed by atoms with van der Waals surface area (Å²) in [4.78, 5) is 23.6. The molecule has 8 atom stereocenters. The van der Waals surface area contributed by atoms with Gasteiger partial charge < -0.3 is 9.53 Å². The molecular formula is C19H26O3. The highest BCUT2D eigenvalue weighted by molar-refractivity contribution is 5.76. The molecule has 0 aliphatic heterocycles. The van der Waals surface area contributed by atoms with Gasteiger partial charge in [-0.05, 0) is 67.6 Å². The highest BCUT2D eigenvalue weighted by Crippen LogP contribution is 2.67. The number of ketones is 1. The van der Waals surface area contributed by atoms with Crippen molar-refractivity contribution in [2.45, 2.75) is 39.5 Å². The van der Waals surface area contributed by atoms with Crippen molar-refractivity contribution in [2.75, 3.05) is 6.61 Å². The summed E-state index contributed by atoms with van der Waals surface area (Å²) in [5.74, 6) is 4.90. The van der Waals surface area contributed by atoms with Gasteiger partial charge in [0, 0.05) is 6.42 Å². The Bertz CT molecular complexity index is 523. The van der Waals surface area contributed by atoms with E-state index in [9.17, 15) is 9.59 Å². The summed E-state index contributed by atoms with van der Waals surface area (Å²) < 4.78 is 5.56. The number of esters is 1. The van der Waals surface area contributed by atoms with Crippen molar-refractivity contribution in [3.63, 3.8) is 0 Å². The summed E-state index contributed by atoms with van der Waals surface area (Å²) in [6.45, 7) is 3.97. The van der Waals surface area contributed by atoms with E-state index in [0.717, 1.165) is 36.0 Å². The van der Waals surface area contributed by atoms with Crippen molar-refractivity contribution in [1.29, 1.82) is 0 Å². The van der Waals surface area contributed by atoms with E-state index in [1.54, 1.807) is 6.92 Å². The van der Waals surface area contributed by atoms with Crippen molar-refractivity contribution in [3.8, 4) is 0 Å². The number of hydrogen-bond donors (Lipinski definition) is 0. The second kappa shape index (κ2) is 5.21. The molecule has 8 unspecified atom stereocenters. The third-order valence-corrected chi connectivity index (χ3v) is 6.72. The van der Waals surface area contributed by atoms with Gasteiger partial charge in [0.1, 0.15) is 5.78 Å². The van der Waals surface area contributed by atoms with Gasteiger partial charge in [0.2, 0.25) is 0 Å². The topological polar surface area (TPSA) is 43.4 Å². The molecule has 4 aliphatic carbocycles. The number of fused-ring (bicyclic) bond motifs is 9. The first-order valence-electron chi connectivity index (χ1n) is 8.89. The van der Waals surface area contributed by atoms with Crippen molar-refractivity contribution < 1.29 is 14.3 Å². The number of ether oxygens (including phenoxy) is 1. The Kier molecular flexibility index (Phi) is 3.43. The van der Waals surface area contributed by atoms with Crippen LogP contribution in [0.25, 0.3) is 0 Å². The monoisotopic (exact) mass is 302 g/mol. The lowest BCUT2D eigenvalue weighted by Crippen LogP contribution is -2.35. The van der Waals surface area contributed by atoms with Gasteiger partial charge in [-0.25, -0.2) is 0 Å². The number of hydrogen-bond acceptors (Lipinski definition) is 3. The Hall–Kier alpha value is -1.12. The van der Waals surface area contributed by atoms with E-state index in [4.69, 9.17) is 4.74 Å². The van der Waals surface area contributed by atoms with Crippen LogP contribution in [-0.4, -0.2) is 18.4 Å². The first-order valence-corrected chi connectivity index (χ1v) is 8.89. The smallest absolute Gasteiger partial charge is 0.309 e. The molecule has 120 valence electrons. The van der Waals surface area contributed by atoms with E-state index in [2.05, 4.69) is 12.2 Å². The minimum Gasteiger partial charge on any atom is -0.465 e. The fraction of sp³-hybridized carbons (Fsp3) is 0.789. The Balaban J connectivity index is 1.36. The third kappa shape index (κ3) is 2.16. The zero-order chi connectivity index (χ0) is 15.4. The zero-order valence-electron chi connectivity index (χ0n) is 13.5. The molecule has 0 aromatic carbocycles. The average Bonchev–Trinajstić information content (AvgIpc) is 3.20. The Labute approximate surface area is 132 Å². The first kappa shape index (κ1) is 14.5. The molecule has 4 aliphatic rings. The van der Waals surface area contributed by atoms with Crippen LogP contribution in [0.15, 0.2) is 12.2 Å². The molecule has 0 amide bonds. The Morgan fingerprint density at radius 2 is 1.86 bits per heavy atom. The number of allylic oxidation sites excluding steroid dienone is 2. The van der Waals surface area contributed by atoms with Gasteiger partial charge in [0.25, 0.3) is 0 Å². The summed E-state index contributed by atoms with van der Waals surface area (Å²) in [6.07, 6.45) is 8.96. The summed E-state index contributed by atoms with van der Waals surface area (Å²) in [5.41, 5.74) is 0. The molecule has 3 nitrogen and oxygen atoms in total. The van der Waals surface area contributed by atoms with Crippen LogP contribution in [0.2, 0.25) is 0 Å². The van der Waals surface area contributed by atoms with Crippen LogP contribution >= 0.6 is 0 Å². The average molecular weight is 302 g/mol. The molecule has 0 N–H and O–H groups in total. The lowest BCUT2D eigenvalue weighted by Gasteiger charge is -2.35. The highest BCUT2D eigenvalue weighted by Gasteiger charge is 2.62. The standard InChI is InChI=1S/C19H26O3/c1-10(5-11(2)20)9-22-19(21)16-8-14-7-15(16)18-13-4-3-12(6-13)17(14)18/h3-4,10,12-18H,5-9H2,1-2H3. The van der Waals surface area contributed by atoms with Gasteiger partial charge in [-0.3, -0.25) is 4.79 Å². The molecule has 3 heteroatoms. The molecule has 0 aromatic heterocycles. The second-order valence-electron chi connectivity index (χ2n) is 8.25. The molecule has 0 heterocycles. The summed E-state index contributed by atoms with van der Waals surface area (Å²) in [5, 5.41) is 0. The number of carbonyl (C=O) groups is 2. The quantitative estimate of drug-likeness (QED) is 0.445. The number of Topliss-reactive ketones (excluding diaryl/α,β-unsaturated/α-hetero) is 1. The van der Waals surface area contributed by atoms with E-state index in [-0.39, 0.29) is 23.6 Å². The predicted molar refractivity (Wildman–Crippen MR) is 82.8 cm³/mol. The molecule has 3 saturated carbocycles. The minimum atomic E-state index is 0.00750. The maximum Gasteiger partial charge on any atom is 0.309 e. The molecule has 22 heavy (non-hydrogen) atoms. The normalized spacial score (nSPS) is 45.1. The van der Waals surface area contributed by atoms with E-state index in [1.165, 1.54) is 12.8 Å². The Morgan fingerprint density at radius 1 is 1.14 bits per heavy atom. The van der Waals surface area contributed by atoms with E-state index < -0.39 is 0 Å². The van der Waals surface area contributed by atoms with Gasteiger partial charge in [-0.15, -0.1) is 0 Å². The molecule has 4 rings (SSSR count). The maximum atomic E-state index is 12.5. The molecular weight excluding hydrogens is 276 g/mol. The molecule has 0 spiro atoms. The van der Waals surface area contributed by atoms with E-state index in [0.29, 0.717) is 18.9 Å². The van der Waals surface area contributed by atoms with Gasteiger partial charge in [0.15, 0.2) is 0 Å². The van der Waals surface area contributed by atoms with Crippen molar-refractivity contribution in [3.05, 3.63) is 12.2 Å². The third-order valence-electron chi connectivity index (χ3n) is 6.72. The zero-order valence-corrected chi connectivity index (χ0v) is 13.5. The maximum absolute atomic E-state index is 12.5. The van der Waals surface area contributed by atoms with Crippen molar-refractivity contribution in [2.24, 2.45) is 47.3 Å². The first-order chi connectivity index (χ1) is 10.5. The van der Waals surface area contributed by atoms with Crippen LogP contribution in [0.3, 0.4) is 0 Å². The van der Waals surface area contributed by atoms with Crippen LogP contribution < -0.4 is 0 Å². The largest absolute Gasteiger partial charge is 0.465 e. The van der Waals surface area contributed by atoms with Gasteiger partial charge in [-0.2, -0.15) is 0 Å². The van der Waals surface area contributed by atoms with Crippen LogP contribution in [0.1, 0.15) is 39.5 Å². The molecule has 3 fully saturated rings. The van der Waals surface area contributed by atoms with E-state index in [1.807, 2.05) is 6.92 Å². The Morgan fingerprint density at radius 3 is 2.59 bits per heavy atom. The minimum absolute atomic E-state index is 0.00750. The molecule has 0 saturated heterocycles. The summed E-state index contributed by atoms with van der Waals surface area (Å²) in [6, 6.07) is 0. The summed E-state index contributed by atoms with van der Waals surface area (Å²) in [7, 11) is 0. The lowest BCUT2D eigenvalue weighted by atomic mass is 9.69. The fourth-order valence-electron chi connectivity index (χ4n) is 6.17. The predicted octanol–water partition coefficient (Wildman–Crippen LogP) is 3.24. The van der Waals surface area contributed by atoms with Gasteiger partial charge >= 0.3 is 5.97 Å². The second-order valence-corrected chi connectivity index (χ2v) is 8.25.